The molecular weight excluding hydrogens is 204 g/mol. The lowest BCUT2D eigenvalue weighted by atomic mass is 10.0. The number of carbonyl (C=O) groups excluding carboxylic acids is 1. The monoisotopic (exact) mass is 208 g/mol. The van der Waals surface area contributed by atoms with Gasteiger partial charge in [-0.3, -0.25) is 4.79 Å². The van der Waals surface area contributed by atoms with Crippen LogP contribution in [0.2, 0.25) is 0 Å². The number of carbonyl (C=O) groups is 1. The van der Waals surface area contributed by atoms with E-state index in [-0.39, 0.29) is 5.78 Å². The second-order valence-electron chi connectivity index (χ2n) is 2.40. The van der Waals surface area contributed by atoms with Gasteiger partial charge in [-0.15, -0.1) is 0 Å². The second-order valence-corrected chi connectivity index (χ2v) is 3.26. The Morgan fingerprint density at radius 1 is 1.18 bits per heavy atom. The Hall–Kier alpha value is -0.890. The van der Waals surface area contributed by atoms with Gasteiger partial charge < -0.3 is 0 Å². The molecule has 2 aliphatic carbocycles. The molecule has 1 nitrogen and oxygen atoms in total. The summed E-state index contributed by atoms with van der Waals surface area (Å²) < 4.78 is 0.887. The van der Waals surface area contributed by atoms with Crippen LogP contribution >= 0.6 is 15.9 Å². The van der Waals surface area contributed by atoms with Crippen LogP contribution in [-0.2, 0) is 4.79 Å². The molecule has 0 aromatic carbocycles. The quantitative estimate of drug-likeness (QED) is 0.598. The van der Waals surface area contributed by atoms with E-state index in [0.29, 0.717) is 0 Å². The molecular formula is C9H5BrO. The first-order valence-corrected chi connectivity index (χ1v) is 4.09. The number of hydrogen-bond donors (Lipinski definition) is 0. The maximum Gasteiger partial charge on any atom is 0.187 e. The van der Waals surface area contributed by atoms with Gasteiger partial charge in [0.05, 0.1) is 0 Å². The fourth-order valence-corrected chi connectivity index (χ4v) is 1.75. The first-order chi connectivity index (χ1) is 5.29. The van der Waals surface area contributed by atoms with E-state index < -0.39 is 0 Å². The van der Waals surface area contributed by atoms with Crippen molar-refractivity contribution in [2.75, 3.05) is 0 Å². The average molecular weight is 209 g/mol. The third kappa shape index (κ3) is 0.942. The maximum atomic E-state index is 11.2. The van der Waals surface area contributed by atoms with Crippen molar-refractivity contribution in [1.82, 2.24) is 0 Å². The van der Waals surface area contributed by atoms with Crippen LogP contribution in [0.5, 0.6) is 0 Å². The SMILES string of the molecule is O=C1C=CC=C2C=CC(Br)=C12. The standard InChI is InChI=1S/C9H5BrO/c10-7-5-4-6-2-1-3-8(11)9(6)7/h1-5H. The van der Waals surface area contributed by atoms with Crippen LogP contribution < -0.4 is 0 Å². The molecule has 0 saturated carbocycles. The molecule has 54 valence electrons. The van der Waals surface area contributed by atoms with Gasteiger partial charge in [0, 0.05) is 10.1 Å². The van der Waals surface area contributed by atoms with Crippen molar-refractivity contribution in [2.24, 2.45) is 0 Å². The first-order valence-electron chi connectivity index (χ1n) is 3.30. The van der Waals surface area contributed by atoms with Crippen molar-refractivity contribution in [1.29, 1.82) is 0 Å². The minimum atomic E-state index is 0.0828. The number of hydrogen-bond acceptors (Lipinski definition) is 1. The van der Waals surface area contributed by atoms with Gasteiger partial charge in [0.1, 0.15) is 0 Å². The Balaban J connectivity index is 2.61. The van der Waals surface area contributed by atoms with Gasteiger partial charge >= 0.3 is 0 Å². The first kappa shape index (κ1) is 6.80. The molecule has 0 aromatic rings. The van der Waals surface area contributed by atoms with E-state index in [1.54, 1.807) is 12.2 Å². The number of ketones is 1. The minimum absolute atomic E-state index is 0.0828. The summed E-state index contributed by atoms with van der Waals surface area (Å²) in [5, 5.41) is 0. The zero-order valence-corrected chi connectivity index (χ0v) is 7.26. The van der Waals surface area contributed by atoms with Gasteiger partial charge in [0.25, 0.3) is 0 Å². The Morgan fingerprint density at radius 3 is 2.73 bits per heavy atom. The highest BCUT2D eigenvalue weighted by atomic mass is 79.9. The predicted octanol–water partition coefficient (Wildman–Crippen LogP) is 2.27. The van der Waals surface area contributed by atoms with E-state index in [1.807, 2.05) is 18.2 Å². The molecule has 0 fully saturated rings. The molecule has 0 spiro atoms. The second kappa shape index (κ2) is 2.31. The van der Waals surface area contributed by atoms with Gasteiger partial charge in [-0.05, 0) is 17.7 Å². The van der Waals surface area contributed by atoms with E-state index in [9.17, 15) is 4.79 Å². The van der Waals surface area contributed by atoms with Crippen molar-refractivity contribution >= 4 is 21.7 Å². The van der Waals surface area contributed by atoms with Crippen LogP contribution in [0.15, 0.2) is 46.0 Å². The summed E-state index contributed by atoms with van der Waals surface area (Å²) >= 11 is 3.32. The Kier molecular flexibility index (Phi) is 1.43. The minimum Gasteiger partial charge on any atom is -0.289 e. The van der Waals surface area contributed by atoms with Gasteiger partial charge in [-0.25, -0.2) is 0 Å². The summed E-state index contributed by atoms with van der Waals surface area (Å²) in [6.45, 7) is 0. The third-order valence-electron chi connectivity index (χ3n) is 1.71. The molecule has 2 heteroatoms. The number of fused-ring (bicyclic) bond motifs is 1. The van der Waals surface area contributed by atoms with Crippen LogP contribution in [0.4, 0.5) is 0 Å². The molecule has 0 N–H and O–H groups in total. The van der Waals surface area contributed by atoms with E-state index in [1.165, 1.54) is 0 Å². The Bertz CT molecular complexity index is 343. The molecule has 0 saturated heterocycles. The van der Waals surface area contributed by atoms with Crippen LogP contribution in [0.25, 0.3) is 0 Å². The van der Waals surface area contributed by atoms with Crippen LogP contribution in [0, 0.1) is 0 Å². The average Bonchev–Trinajstić information content (AvgIpc) is 2.34. The van der Waals surface area contributed by atoms with E-state index >= 15 is 0 Å². The van der Waals surface area contributed by atoms with Gasteiger partial charge in [0.2, 0.25) is 0 Å². The van der Waals surface area contributed by atoms with Crippen molar-refractivity contribution in [2.45, 2.75) is 0 Å². The fourth-order valence-electron chi connectivity index (χ4n) is 1.19. The van der Waals surface area contributed by atoms with Crippen molar-refractivity contribution < 1.29 is 4.79 Å². The van der Waals surface area contributed by atoms with E-state index in [2.05, 4.69) is 15.9 Å². The van der Waals surface area contributed by atoms with Crippen molar-refractivity contribution in [3.63, 3.8) is 0 Å². The highest BCUT2D eigenvalue weighted by Crippen LogP contribution is 2.31. The molecule has 0 unspecified atom stereocenters. The van der Waals surface area contributed by atoms with Crippen molar-refractivity contribution in [3.8, 4) is 0 Å². The van der Waals surface area contributed by atoms with E-state index in [0.717, 1.165) is 15.6 Å². The van der Waals surface area contributed by atoms with Gasteiger partial charge in [-0.2, -0.15) is 0 Å². The summed E-state index contributed by atoms with van der Waals surface area (Å²) in [5.74, 6) is 0.0828. The fraction of sp³-hybridized carbons (Fsp3) is 0. The summed E-state index contributed by atoms with van der Waals surface area (Å²) in [4.78, 5) is 11.2. The highest BCUT2D eigenvalue weighted by Gasteiger charge is 2.19. The summed E-state index contributed by atoms with van der Waals surface area (Å²) in [6, 6.07) is 0. The lowest BCUT2D eigenvalue weighted by Crippen LogP contribution is -2.02. The molecule has 0 bridgehead atoms. The summed E-state index contributed by atoms with van der Waals surface area (Å²) in [7, 11) is 0. The zero-order valence-electron chi connectivity index (χ0n) is 5.67. The lowest BCUT2D eigenvalue weighted by molar-refractivity contribution is -0.111. The summed E-state index contributed by atoms with van der Waals surface area (Å²) in [6.07, 6.45) is 9.11. The highest BCUT2D eigenvalue weighted by molar-refractivity contribution is 9.12. The third-order valence-corrected chi connectivity index (χ3v) is 2.37. The normalized spacial score (nSPS) is 20.8. The predicted molar refractivity (Wildman–Crippen MR) is 47.3 cm³/mol. The maximum absolute atomic E-state index is 11.2. The van der Waals surface area contributed by atoms with Crippen LogP contribution in [0.1, 0.15) is 0 Å². The molecule has 2 aliphatic rings. The molecule has 0 atom stereocenters. The molecule has 0 aromatic heterocycles. The molecule has 2 rings (SSSR count). The van der Waals surface area contributed by atoms with Crippen LogP contribution in [-0.4, -0.2) is 5.78 Å². The van der Waals surface area contributed by atoms with E-state index in [4.69, 9.17) is 0 Å². The molecule has 11 heavy (non-hydrogen) atoms. The number of halogens is 1. The van der Waals surface area contributed by atoms with Crippen molar-refractivity contribution in [3.05, 3.63) is 46.0 Å². The van der Waals surface area contributed by atoms with Crippen LogP contribution in [0.3, 0.4) is 0 Å². The smallest absolute Gasteiger partial charge is 0.187 e. The number of allylic oxidation sites excluding steroid dienone is 8. The zero-order chi connectivity index (χ0) is 7.84. The van der Waals surface area contributed by atoms with Gasteiger partial charge in [0.15, 0.2) is 5.78 Å². The number of rotatable bonds is 0. The molecule has 0 heterocycles. The Morgan fingerprint density at radius 2 is 2.00 bits per heavy atom. The Labute approximate surface area is 72.9 Å². The molecule has 0 radical (unpaired) electrons. The molecule has 0 amide bonds. The largest absolute Gasteiger partial charge is 0.289 e. The topological polar surface area (TPSA) is 17.1 Å². The molecule has 0 aliphatic heterocycles. The summed E-state index contributed by atoms with van der Waals surface area (Å²) in [5.41, 5.74) is 1.79. The van der Waals surface area contributed by atoms with Gasteiger partial charge in [-0.1, -0.05) is 34.2 Å². The lowest BCUT2D eigenvalue weighted by Gasteiger charge is -2.04.